The Morgan fingerprint density at radius 1 is 0.949 bits per heavy atom. The highest BCUT2D eigenvalue weighted by atomic mass is 16.5. The van der Waals surface area contributed by atoms with E-state index in [1.165, 1.54) is 6.33 Å². The molecule has 9 heteroatoms. The maximum Gasteiger partial charge on any atom is 0.207 e. The van der Waals surface area contributed by atoms with E-state index in [0.717, 1.165) is 40.8 Å². The average Bonchev–Trinajstić information content (AvgIpc) is 3.61. The van der Waals surface area contributed by atoms with E-state index in [0.29, 0.717) is 36.1 Å². The van der Waals surface area contributed by atoms with Crippen LogP contribution in [0, 0.1) is 0 Å². The van der Waals surface area contributed by atoms with Crippen LogP contribution in [0.15, 0.2) is 85.2 Å². The summed E-state index contributed by atoms with van der Waals surface area (Å²) in [5.74, 6) is 1.76. The number of nitrogen functional groups attached to an aromatic ring is 1. The lowest BCUT2D eigenvalue weighted by atomic mass is 10.0. The number of hydrogen-bond donors (Lipinski definition) is 3. The van der Waals surface area contributed by atoms with Crippen LogP contribution >= 0.6 is 0 Å². The molecular formula is C30H30N6O3. The second-order valence-corrected chi connectivity index (χ2v) is 9.56. The van der Waals surface area contributed by atoms with Crippen LogP contribution in [-0.2, 0) is 17.9 Å². The van der Waals surface area contributed by atoms with Crippen LogP contribution in [-0.4, -0.2) is 37.3 Å². The van der Waals surface area contributed by atoms with Crippen molar-refractivity contribution >= 4 is 22.9 Å². The van der Waals surface area contributed by atoms with Gasteiger partial charge in [0.25, 0.3) is 0 Å². The molecular weight excluding hydrogens is 492 g/mol. The van der Waals surface area contributed by atoms with E-state index in [2.05, 4.69) is 68.8 Å². The average molecular weight is 523 g/mol. The minimum absolute atomic E-state index is 0.0164. The Balaban J connectivity index is 1.16. The van der Waals surface area contributed by atoms with Crippen LogP contribution < -0.4 is 15.8 Å². The van der Waals surface area contributed by atoms with E-state index < -0.39 is 0 Å². The lowest BCUT2D eigenvalue weighted by Crippen LogP contribution is -2.17. The maximum atomic E-state index is 9.54. The van der Waals surface area contributed by atoms with E-state index in [1.54, 1.807) is 0 Å². The van der Waals surface area contributed by atoms with E-state index in [-0.39, 0.29) is 18.9 Å². The number of aromatic nitrogens is 4. The second-order valence-electron chi connectivity index (χ2n) is 9.56. The quantitative estimate of drug-likeness (QED) is 0.249. The van der Waals surface area contributed by atoms with Crippen molar-refractivity contribution in [1.82, 2.24) is 19.5 Å². The zero-order chi connectivity index (χ0) is 26.6. The van der Waals surface area contributed by atoms with Gasteiger partial charge in [0.15, 0.2) is 17.0 Å². The molecule has 0 unspecified atom stereocenters. The van der Waals surface area contributed by atoms with Gasteiger partial charge >= 0.3 is 0 Å². The van der Waals surface area contributed by atoms with Gasteiger partial charge in [-0.1, -0.05) is 66.7 Å². The number of benzene rings is 3. The van der Waals surface area contributed by atoms with Gasteiger partial charge in [-0.15, -0.1) is 0 Å². The predicted molar refractivity (Wildman–Crippen MR) is 150 cm³/mol. The molecule has 0 radical (unpaired) electrons. The Morgan fingerprint density at radius 2 is 1.79 bits per heavy atom. The Hall–Kier alpha value is -4.47. The van der Waals surface area contributed by atoms with Crippen LogP contribution in [0.2, 0.25) is 0 Å². The van der Waals surface area contributed by atoms with Gasteiger partial charge in [-0.2, -0.15) is 0 Å². The van der Waals surface area contributed by atoms with Crippen molar-refractivity contribution in [2.24, 2.45) is 0 Å². The first-order chi connectivity index (χ1) is 19.2. The largest absolute Gasteiger partial charge is 0.489 e. The summed E-state index contributed by atoms with van der Waals surface area (Å²) in [6.45, 7) is 1.06. The number of nitrogens with zero attached hydrogens (tertiary/aromatic N) is 4. The second kappa shape index (κ2) is 11.1. The number of nitrogens with one attached hydrogen (secondary N) is 1. The normalized spacial score (nSPS) is 16.9. The third-order valence-corrected chi connectivity index (χ3v) is 6.90. The molecule has 1 aliphatic heterocycles. The van der Waals surface area contributed by atoms with Crippen molar-refractivity contribution in [3.8, 4) is 16.9 Å². The monoisotopic (exact) mass is 522 g/mol. The molecule has 1 fully saturated rings. The lowest BCUT2D eigenvalue weighted by Gasteiger charge is -2.17. The van der Waals surface area contributed by atoms with Crippen molar-refractivity contribution < 1.29 is 14.6 Å². The molecule has 0 saturated carbocycles. The fraction of sp³-hybridized carbons (Fsp3) is 0.233. The molecule has 2 aromatic heterocycles. The topological polar surface area (TPSA) is 120 Å². The highest BCUT2D eigenvalue weighted by molar-refractivity contribution is 5.84. The minimum Gasteiger partial charge on any atom is -0.489 e. The van der Waals surface area contributed by atoms with Crippen molar-refractivity contribution in [3.63, 3.8) is 0 Å². The Morgan fingerprint density at radius 3 is 2.59 bits per heavy atom. The summed E-state index contributed by atoms with van der Waals surface area (Å²) in [7, 11) is 0. The molecule has 198 valence electrons. The summed E-state index contributed by atoms with van der Waals surface area (Å²) in [5, 5.41) is 13.0. The molecule has 3 heterocycles. The number of ether oxygens (including phenoxy) is 2. The fourth-order valence-corrected chi connectivity index (χ4v) is 4.84. The standard InChI is InChI=1S/C30H30N6O3/c31-28-27-29(34-19-33-28)36(26-14-13-25(17-37)39-26)30(35-27)32-16-20-9-11-22(12-10-20)23-7-4-8-24(15-23)38-18-21-5-2-1-3-6-21/h1-12,15,19,25-26,37H,13-14,16-18H2,(H,32,35)(H2,31,33,34)/t25-,26+/m0/s1. The zero-order valence-electron chi connectivity index (χ0n) is 21.4. The van der Waals surface area contributed by atoms with Crippen molar-refractivity contribution in [1.29, 1.82) is 0 Å². The summed E-state index contributed by atoms with van der Waals surface area (Å²) in [4.78, 5) is 13.2. The first-order valence-electron chi connectivity index (χ1n) is 13.0. The van der Waals surface area contributed by atoms with Crippen molar-refractivity contribution in [2.45, 2.75) is 38.3 Å². The third kappa shape index (κ3) is 5.41. The first-order valence-corrected chi connectivity index (χ1v) is 13.0. The smallest absolute Gasteiger partial charge is 0.207 e. The van der Waals surface area contributed by atoms with E-state index >= 15 is 0 Å². The van der Waals surface area contributed by atoms with Crippen LogP contribution in [0.5, 0.6) is 5.75 Å². The molecule has 1 aliphatic rings. The molecule has 39 heavy (non-hydrogen) atoms. The maximum absolute atomic E-state index is 9.54. The number of hydrogen-bond acceptors (Lipinski definition) is 8. The number of aliphatic hydroxyl groups excluding tert-OH is 1. The summed E-state index contributed by atoms with van der Waals surface area (Å²) in [6.07, 6.45) is 2.45. The molecule has 0 amide bonds. The van der Waals surface area contributed by atoms with Crippen LogP contribution in [0.3, 0.4) is 0 Å². The molecule has 6 rings (SSSR count). The van der Waals surface area contributed by atoms with E-state index in [1.807, 2.05) is 34.9 Å². The van der Waals surface area contributed by atoms with Crippen LogP contribution in [0.4, 0.5) is 11.8 Å². The Kier molecular flexibility index (Phi) is 7.07. The molecule has 2 atom stereocenters. The predicted octanol–water partition coefficient (Wildman–Crippen LogP) is 4.94. The highest BCUT2D eigenvalue weighted by Crippen LogP contribution is 2.34. The van der Waals surface area contributed by atoms with Gasteiger partial charge in [0.05, 0.1) is 12.7 Å². The van der Waals surface area contributed by atoms with Gasteiger partial charge in [-0.05, 0) is 47.2 Å². The molecule has 0 aliphatic carbocycles. The van der Waals surface area contributed by atoms with Crippen molar-refractivity contribution in [3.05, 3.63) is 96.3 Å². The Bertz CT molecular complexity index is 1550. The SMILES string of the molecule is Nc1ncnc2c1nc(NCc1ccc(-c3cccc(OCc4ccccc4)c3)cc1)n2[C@H]1CC[C@@H](CO)O1. The number of fused-ring (bicyclic) bond motifs is 1. The first kappa shape index (κ1) is 24.8. The molecule has 0 spiro atoms. The van der Waals surface area contributed by atoms with Gasteiger partial charge in [0.2, 0.25) is 5.95 Å². The summed E-state index contributed by atoms with van der Waals surface area (Å²) in [5.41, 5.74) is 11.6. The third-order valence-electron chi connectivity index (χ3n) is 6.90. The van der Waals surface area contributed by atoms with Gasteiger partial charge < -0.3 is 25.6 Å². The number of nitrogens with two attached hydrogens (primary N) is 1. The molecule has 5 aromatic rings. The van der Waals surface area contributed by atoms with Gasteiger partial charge in [-0.3, -0.25) is 4.57 Å². The lowest BCUT2D eigenvalue weighted by molar-refractivity contribution is -0.0197. The molecule has 9 nitrogen and oxygen atoms in total. The molecule has 0 bridgehead atoms. The van der Waals surface area contributed by atoms with Gasteiger partial charge in [0.1, 0.15) is 24.9 Å². The molecule has 3 aromatic carbocycles. The summed E-state index contributed by atoms with van der Waals surface area (Å²) < 4.78 is 14.0. The van der Waals surface area contributed by atoms with Gasteiger partial charge in [0, 0.05) is 6.54 Å². The summed E-state index contributed by atoms with van der Waals surface area (Å²) in [6, 6.07) is 26.7. The summed E-state index contributed by atoms with van der Waals surface area (Å²) >= 11 is 0. The fourth-order valence-electron chi connectivity index (χ4n) is 4.84. The molecule has 4 N–H and O–H groups in total. The van der Waals surface area contributed by atoms with Crippen LogP contribution in [0.25, 0.3) is 22.3 Å². The minimum atomic E-state index is -0.289. The number of anilines is 2. The van der Waals surface area contributed by atoms with Crippen LogP contribution in [0.1, 0.15) is 30.2 Å². The highest BCUT2D eigenvalue weighted by Gasteiger charge is 2.30. The van der Waals surface area contributed by atoms with E-state index in [9.17, 15) is 5.11 Å². The van der Waals surface area contributed by atoms with Crippen molar-refractivity contribution in [2.75, 3.05) is 17.7 Å². The van der Waals surface area contributed by atoms with E-state index in [4.69, 9.17) is 15.2 Å². The molecule has 1 saturated heterocycles. The number of aliphatic hydroxyl groups is 1. The number of imidazole rings is 1. The zero-order valence-corrected chi connectivity index (χ0v) is 21.4. The Labute approximate surface area is 226 Å². The van der Waals surface area contributed by atoms with Gasteiger partial charge in [-0.25, -0.2) is 15.0 Å². The number of rotatable bonds is 9.